The van der Waals surface area contributed by atoms with Crippen molar-refractivity contribution in [3.05, 3.63) is 46.5 Å². The Morgan fingerprint density at radius 1 is 0.528 bits per heavy atom. The lowest BCUT2D eigenvalue weighted by Gasteiger charge is -2.29. The molecule has 0 aromatic heterocycles. The minimum Gasteiger partial charge on any atom is -0.507 e. The second-order valence-corrected chi connectivity index (χ2v) is 13.0. The van der Waals surface area contributed by atoms with Gasteiger partial charge in [-0.1, -0.05) is 107 Å². The minimum atomic E-state index is -0.204. The number of hydrogen-bond donors (Lipinski definition) is 2. The van der Waals surface area contributed by atoms with Crippen LogP contribution in [-0.2, 0) is 10.8 Å². The molecule has 202 valence electrons. The molecular weight excluding hydrogens is 440 g/mol. The number of hydrogen-bond acceptors (Lipinski definition) is 2. The molecule has 0 atom stereocenters. The molecule has 2 rings (SSSR count). The van der Waals surface area contributed by atoms with Gasteiger partial charge in [-0.05, 0) is 71.6 Å². The third kappa shape index (κ3) is 7.08. The molecule has 0 unspecified atom stereocenters. The standard InChI is InChI=1S/C34H54O2/c1-11-15-23(16-12-2)25-19-27(31(35)29(21-25)33(5,6)7)28-20-26(24(17-13-3)18-14-4)22-30(32(28)36)34(8,9)10/h19-24,35-36H,11-18H2,1-10H3. The van der Waals surface area contributed by atoms with Crippen molar-refractivity contribution in [1.29, 1.82) is 0 Å². The maximum absolute atomic E-state index is 11.7. The van der Waals surface area contributed by atoms with Crippen molar-refractivity contribution in [3.63, 3.8) is 0 Å². The van der Waals surface area contributed by atoms with Crippen molar-refractivity contribution >= 4 is 0 Å². The van der Waals surface area contributed by atoms with Crippen molar-refractivity contribution in [2.75, 3.05) is 0 Å². The van der Waals surface area contributed by atoms with Crippen molar-refractivity contribution in [1.82, 2.24) is 0 Å². The van der Waals surface area contributed by atoms with Gasteiger partial charge in [-0.3, -0.25) is 0 Å². The van der Waals surface area contributed by atoms with E-state index in [9.17, 15) is 10.2 Å². The Balaban J connectivity index is 2.95. The lowest BCUT2D eigenvalue weighted by atomic mass is 9.77. The maximum atomic E-state index is 11.7. The van der Waals surface area contributed by atoms with Gasteiger partial charge in [0.25, 0.3) is 0 Å². The molecule has 0 spiro atoms. The molecule has 0 saturated heterocycles. The molecule has 0 fully saturated rings. The van der Waals surface area contributed by atoms with E-state index in [-0.39, 0.29) is 10.8 Å². The van der Waals surface area contributed by atoms with Gasteiger partial charge in [0.2, 0.25) is 0 Å². The highest BCUT2D eigenvalue weighted by atomic mass is 16.3. The number of rotatable bonds is 11. The van der Waals surface area contributed by atoms with Crippen molar-refractivity contribution in [2.45, 2.75) is 143 Å². The fourth-order valence-corrected chi connectivity index (χ4v) is 5.69. The number of benzene rings is 2. The topological polar surface area (TPSA) is 40.5 Å². The summed E-state index contributed by atoms with van der Waals surface area (Å²) in [4.78, 5) is 0. The normalized spacial score (nSPS) is 12.7. The maximum Gasteiger partial charge on any atom is 0.127 e. The van der Waals surface area contributed by atoms with E-state index in [1.165, 1.54) is 11.1 Å². The first-order chi connectivity index (χ1) is 16.8. The van der Waals surface area contributed by atoms with E-state index in [1.807, 2.05) is 0 Å². The highest BCUT2D eigenvalue weighted by Gasteiger charge is 2.28. The fraction of sp³-hybridized carbons (Fsp3) is 0.647. The lowest BCUT2D eigenvalue weighted by molar-refractivity contribution is 0.439. The van der Waals surface area contributed by atoms with Crippen LogP contribution in [0.15, 0.2) is 24.3 Å². The highest BCUT2D eigenvalue weighted by Crippen LogP contribution is 2.48. The molecule has 0 bridgehead atoms. The van der Waals surface area contributed by atoms with E-state index in [1.54, 1.807) is 0 Å². The summed E-state index contributed by atoms with van der Waals surface area (Å²) in [6, 6.07) is 8.83. The van der Waals surface area contributed by atoms with Crippen LogP contribution in [0.4, 0.5) is 0 Å². The third-order valence-corrected chi connectivity index (χ3v) is 7.66. The Bertz CT molecular complexity index is 894. The predicted molar refractivity (Wildman–Crippen MR) is 158 cm³/mol. The average Bonchev–Trinajstić information content (AvgIpc) is 2.78. The summed E-state index contributed by atoms with van der Waals surface area (Å²) < 4.78 is 0. The van der Waals surface area contributed by atoms with Crippen LogP contribution in [0.3, 0.4) is 0 Å². The smallest absolute Gasteiger partial charge is 0.127 e. The molecule has 2 aromatic carbocycles. The molecule has 0 aliphatic rings. The van der Waals surface area contributed by atoms with E-state index in [0.29, 0.717) is 23.3 Å². The van der Waals surface area contributed by atoms with Gasteiger partial charge < -0.3 is 10.2 Å². The summed E-state index contributed by atoms with van der Waals surface area (Å²) in [5.74, 6) is 1.54. The molecule has 2 nitrogen and oxygen atoms in total. The molecule has 0 aliphatic carbocycles. The Hall–Kier alpha value is -1.96. The van der Waals surface area contributed by atoms with Gasteiger partial charge >= 0.3 is 0 Å². The second kappa shape index (κ2) is 12.5. The summed E-state index contributed by atoms with van der Waals surface area (Å²) in [6.07, 6.45) is 9.08. The Morgan fingerprint density at radius 3 is 1.03 bits per heavy atom. The van der Waals surface area contributed by atoms with Gasteiger partial charge in [0.1, 0.15) is 11.5 Å². The van der Waals surface area contributed by atoms with Crippen LogP contribution in [-0.4, -0.2) is 10.2 Å². The molecule has 2 aromatic rings. The van der Waals surface area contributed by atoms with Gasteiger partial charge in [0.15, 0.2) is 0 Å². The van der Waals surface area contributed by atoms with Gasteiger partial charge in [-0.15, -0.1) is 0 Å². The molecule has 0 amide bonds. The zero-order valence-corrected chi connectivity index (χ0v) is 25.0. The van der Waals surface area contributed by atoms with Gasteiger partial charge in [0.05, 0.1) is 0 Å². The molecule has 0 radical (unpaired) electrons. The van der Waals surface area contributed by atoms with Crippen LogP contribution in [0, 0.1) is 0 Å². The summed E-state index contributed by atoms with van der Waals surface area (Å²) in [5, 5.41) is 23.4. The van der Waals surface area contributed by atoms with E-state index >= 15 is 0 Å². The molecule has 2 N–H and O–H groups in total. The Labute approximate surface area is 222 Å². The number of aromatic hydroxyl groups is 2. The van der Waals surface area contributed by atoms with E-state index in [0.717, 1.165) is 73.6 Å². The van der Waals surface area contributed by atoms with Gasteiger partial charge in [-0.2, -0.15) is 0 Å². The fourth-order valence-electron chi connectivity index (χ4n) is 5.69. The van der Waals surface area contributed by atoms with Crippen LogP contribution in [0.1, 0.15) is 155 Å². The predicted octanol–water partition coefficient (Wildman–Crippen LogP) is 10.7. The zero-order chi connectivity index (χ0) is 27.3. The second-order valence-electron chi connectivity index (χ2n) is 13.0. The zero-order valence-electron chi connectivity index (χ0n) is 25.0. The van der Waals surface area contributed by atoms with Gasteiger partial charge in [-0.25, -0.2) is 0 Å². The summed E-state index contributed by atoms with van der Waals surface area (Å²) in [5.41, 5.74) is 5.67. The molecule has 0 heterocycles. The summed E-state index contributed by atoms with van der Waals surface area (Å²) in [7, 11) is 0. The van der Waals surface area contributed by atoms with Crippen molar-refractivity contribution in [3.8, 4) is 22.6 Å². The first-order valence-electron chi connectivity index (χ1n) is 14.5. The van der Waals surface area contributed by atoms with Crippen LogP contribution >= 0.6 is 0 Å². The highest BCUT2D eigenvalue weighted by molar-refractivity contribution is 5.80. The number of phenols is 2. The van der Waals surface area contributed by atoms with E-state index in [2.05, 4.69) is 93.5 Å². The van der Waals surface area contributed by atoms with Crippen LogP contribution in [0.2, 0.25) is 0 Å². The SMILES string of the molecule is CCCC(CCC)c1cc(-c2cc(C(CCC)CCC)cc(C(C)(C)C)c2O)c(O)c(C(C)(C)C)c1. The van der Waals surface area contributed by atoms with Crippen LogP contribution in [0.5, 0.6) is 11.5 Å². The molecule has 36 heavy (non-hydrogen) atoms. The van der Waals surface area contributed by atoms with Crippen LogP contribution in [0.25, 0.3) is 11.1 Å². The van der Waals surface area contributed by atoms with Crippen molar-refractivity contribution in [2.24, 2.45) is 0 Å². The van der Waals surface area contributed by atoms with E-state index < -0.39 is 0 Å². The lowest BCUT2D eigenvalue weighted by Crippen LogP contribution is -2.15. The van der Waals surface area contributed by atoms with E-state index in [4.69, 9.17) is 0 Å². The largest absolute Gasteiger partial charge is 0.507 e. The molecular formula is C34H54O2. The molecule has 2 heteroatoms. The monoisotopic (exact) mass is 494 g/mol. The number of phenolic OH excluding ortho intramolecular Hbond substituents is 2. The average molecular weight is 495 g/mol. The first-order valence-corrected chi connectivity index (χ1v) is 14.5. The molecule has 0 aliphatic heterocycles. The van der Waals surface area contributed by atoms with Crippen LogP contribution < -0.4 is 0 Å². The minimum absolute atomic E-state index is 0.204. The Kier molecular flexibility index (Phi) is 10.5. The quantitative estimate of drug-likeness (QED) is 0.326. The summed E-state index contributed by atoms with van der Waals surface area (Å²) >= 11 is 0. The third-order valence-electron chi connectivity index (χ3n) is 7.66. The Morgan fingerprint density at radius 2 is 0.806 bits per heavy atom. The first kappa shape index (κ1) is 30.3. The van der Waals surface area contributed by atoms with Crippen molar-refractivity contribution < 1.29 is 10.2 Å². The van der Waals surface area contributed by atoms with Gasteiger partial charge in [0, 0.05) is 22.3 Å². The molecule has 0 saturated carbocycles. The summed E-state index contributed by atoms with van der Waals surface area (Å²) in [6.45, 7) is 22.0.